The summed E-state index contributed by atoms with van der Waals surface area (Å²) in [4.78, 5) is 24.3. The number of carbonyl (C=O) groups is 2. The van der Waals surface area contributed by atoms with Crippen molar-refractivity contribution in [3.05, 3.63) is 0 Å². The Kier molecular flexibility index (Phi) is 5.37. The highest BCUT2D eigenvalue weighted by atomic mass is 16.5. The summed E-state index contributed by atoms with van der Waals surface area (Å²) >= 11 is 0. The van der Waals surface area contributed by atoms with Crippen molar-refractivity contribution in [3.8, 4) is 0 Å². The third-order valence-corrected chi connectivity index (χ3v) is 2.97. The Morgan fingerprint density at radius 3 is 2.53 bits per heavy atom. The average molecular weight is 245 g/mol. The van der Waals surface area contributed by atoms with Gasteiger partial charge >= 0.3 is 11.9 Å². The first kappa shape index (κ1) is 13.9. The predicted octanol–water partition coefficient (Wildman–Crippen LogP) is 0.114. The van der Waals surface area contributed by atoms with Crippen LogP contribution in [0.1, 0.15) is 19.8 Å². The maximum atomic E-state index is 11.5. The number of nitrogens with zero attached hydrogens (tertiary/aromatic N) is 1. The molecule has 6 nitrogen and oxygen atoms in total. The van der Waals surface area contributed by atoms with Crippen LogP contribution < -0.4 is 0 Å². The number of esters is 1. The molecule has 1 rings (SSSR count). The molecule has 2 unspecified atom stereocenters. The van der Waals surface area contributed by atoms with Crippen LogP contribution in [0.3, 0.4) is 0 Å². The van der Waals surface area contributed by atoms with Crippen molar-refractivity contribution < 1.29 is 24.2 Å². The first-order valence-corrected chi connectivity index (χ1v) is 5.76. The zero-order valence-corrected chi connectivity index (χ0v) is 10.2. The van der Waals surface area contributed by atoms with E-state index in [9.17, 15) is 9.59 Å². The van der Waals surface area contributed by atoms with Gasteiger partial charge in [-0.05, 0) is 19.8 Å². The standard InChI is InChI=1S/C11H19NO5/c1-3-17-7-6-12-8(10(13)14)4-5-9(12)11(15)16-2/h8-9H,3-7H2,1-2H3,(H,13,14). The topological polar surface area (TPSA) is 76.1 Å². The van der Waals surface area contributed by atoms with E-state index in [1.165, 1.54) is 7.11 Å². The molecular formula is C11H19NO5. The van der Waals surface area contributed by atoms with Crippen LogP contribution in [-0.4, -0.2) is 60.9 Å². The zero-order chi connectivity index (χ0) is 12.8. The van der Waals surface area contributed by atoms with Gasteiger partial charge in [0.1, 0.15) is 12.1 Å². The number of carboxylic acids is 1. The molecule has 1 heterocycles. The van der Waals surface area contributed by atoms with Crippen LogP contribution in [0.2, 0.25) is 0 Å². The molecule has 0 aliphatic carbocycles. The van der Waals surface area contributed by atoms with Gasteiger partial charge in [0, 0.05) is 13.2 Å². The van der Waals surface area contributed by atoms with Gasteiger partial charge in [0.2, 0.25) is 0 Å². The fourth-order valence-corrected chi connectivity index (χ4v) is 2.15. The van der Waals surface area contributed by atoms with Crippen LogP contribution in [0.15, 0.2) is 0 Å². The molecule has 0 aromatic rings. The Bertz CT molecular complexity index is 281. The molecule has 0 amide bonds. The molecule has 0 aromatic carbocycles. The third-order valence-electron chi connectivity index (χ3n) is 2.97. The molecule has 0 radical (unpaired) electrons. The molecule has 1 fully saturated rings. The first-order valence-electron chi connectivity index (χ1n) is 5.76. The van der Waals surface area contributed by atoms with E-state index in [1.54, 1.807) is 4.90 Å². The van der Waals surface area contributed by atoms with Crippen LogP contribution in [-0.2, 0) is 19.1 Å². The quantitative estimate of drug-likeness (QED) is 0.529. The first-order chi connectivity index (χ1) is 8.11. The van der Waals surface area contributed by atoms with Crippen molar-refractivity contribution in [3.63, 3.8) is 0 Å². The maximum Gasteiger partial charge on any atom is 0.323 e. The van der Waals surface area contributed by atoms with E-state index in [2.05, 4.69) is 4.74 Å². The monoisotopic (exact) mass is 245 g/mol. The molecule has 98 valence electrons. The van der Waals surface area contributed by atoms with Gasteiger partial charge in [-0.3, -0.25) is 14.5 Å². The van der Waals surface area contributed by atoms with Crippen LogP contribution in [0.25, 0.3) is 0 Å². The van der Waals surface area contributed by atoms with E-state index in [0.717, 1.165) is 0 Å². The number of likely N-dealkylation sites (tertiary alicyclic amines) is 1. The Hall–Kier alpha value is -1.14. The van der Waals surface area contributed by atoms with Gasteiger partial charge < -0.3 is 14.6 Å². The highest BCUT2D eigenvalue weighted by Gasteiger charge is 2.41. The predicted molar refractivity (Wildman–Crippen MR) is 59.7 cm³/mol. The molecule has 0 saturated carbocycles. The maximum absolute atomic E-state index is 11.5. The second kappa shape index (κ2) is 6.56. The van der Waals surface area contributed by atoms with Gasteiger partial charge in [0.25, 0.3) is 0 Å². The molecule has 1 aliphatic rings. The molecule has 1 aliphatic heterocycles. The fourth-order valence-electron chi connectivity index (χ4n) is 2.15. The SMILES string of the molecule is CCOCCN1C(C(=O)O)CCC1C(=O)OC. The molecule has 0 bridgehead atoms. The normalized spacial score (nSPS) is 24.8. The minimum Gasteiger partial charge on any atom is -0.480 e. The minimum atomic E-state index is -0.895. The molecule has 6 heteroatoms. The second-order valence-corrected chi connectivity index (χ2v) is 3.91. The van der Waals surface area contributed by atoms with Crippen molar-refractivity contribution >= 4 is 11.9 Å². The Balaban J connectivity index is 2.65. The number of hydrogen-bond donors (Lipinski definition) is 1. The largest absolute Gasteiger partial charge is 0.480 e. The number of ether oxygens (including phenoxy) is 2. The van der Waals surface area contributed by atoms with Crippen molar-refractivity contribution in [1.29, 1.82) is 0 Å². The summed E-state index contributed by atoms with van der Waals surface area (Å²) in [6.07, 6.45) is 0.997. The molecule has 1 saturated heterocycles. The van der Waals surface area contributed by atoms with Gasteiger partial charge in [0.15, 0.2) is 0 Å². The molecule has 1 N–H and O–H groups in total. The number of aliphatic carboxylic acids is 1. The van der Waals surface area contributed by atoms with Crippen molar-refractivity contribution in [2.24, 2.45) is 0 Å². The van der Waals surface area contributed by atoms with Gasteiger partial charge in [-0.2, -0.15) is 0 Å². The van der Waals surface area contributed by atoms with Crippen LogP contribution in [0, 0.1) is 0 Å². The fraction of sp³-hybridized carbons (Fsp3) is 0.818. The lowest BCUT2D eigenvalue weighted by Gasteiger charge is -2.25. The van der Waals surface area contributed by atoms with Gasteiger partial charge in [-0.25, -0.2) is 0 Å². The smallest absolute Gasteiger partial charge is 0.323 e. The minimum absolute atomic E-state index is 0.370. The Morgan fingerprint density at radius 2 is 2.00 bits per heavy atom. The second-order valence-electron chi connectivity index (χ2n) is 3.91. The van der Waals surface area contributed by atoms with E-state index >= 15 is 0 Å². The molecule has 17 heavy (non-hydrogen) atoms. The molecular weight excluding hydrogens is 226 g/mol. The summed E-state index contributed by atoms with van der Waals surface area (Å²) in [6, 6.07) is -1.07. The Morgan fingerprint density at radius 1 is 1.35 bits per heavy atom. The van der Waals surface area contributed by atoms with E-state index in [-0.39, 0.29) is 5.97 Å². The summed E-state index contributed by atoms with van der Waals surface area (Å²) < 4.78 is 9.88. The van der Waals surface area contributed by atoms with E-state index in [4.69, 9.17) is 9.84 Å². The number of hydrogen-bond acceptors (Lipinski definition) is 5. The summed E-state index contributed by atoms with van der Waals surface area (Å²) in [7, 11) is 1.32. The van der Waals surface area contributed by atoms with E-state index < -0.39 is 18.1 Å². The Labute approximate surface area is 100 Å². The number of rotatable bonds is 6. The number of methoxy groups -OCH3 is 1. The molecule has 2 atom stereocenters. The summed E-state index contributed by atoms with van der Waals surface area (Å²) in [6.45, 7) is 3.31. The lowest BCUT2D eigenvalue weighted by Crippen LogP contribution is -2.46. The summed E-state index contributed by atoms with van der Waals surface area (Å²) in [5.74, 6) is -1.27. The molecule has 0 spiro atoms. The average Bonchev–Trinajstić information content (AvgIpc) is 2.72. The van der Waals surface area contributed by atoms with E-state index in [0.29, 0.717) is 32.6 Å². The van der Waals surface area contributed by atoms with Crippen molar-refractivity contribution in [2.45, 2.75) is 31.8 Å². The third kappa shape index (κ3) is 3.41. The van der Waals surface area contributed by atoms with Gasteiger partial charge in [-0.1, -0.05) is 0 Å². The van der Waals surface area contributed by atoms with Crippen LogP contribution in [0.4, 0.5) is 0 Å². The zero-order valence-electron chi connectivity index (χ0n) is 10.2. The lowest BCUT2D eigenvalue weighted by molar-refractivity contribution is -0.149. The van der Waals surface area contributed by atoms with Gasteiger partial charge in [-0.15, -0.1) is 0 Å². The number of carbonyl (C=O) groups excluding carboxylic acids is 1. The molecule has 0 aromatic heterocycles. The van der Waals surface area contributed by atoms with Gasteiger partial charge in [0.05, 0.1) is 13.7 Å². The lowest BCUT2D eigenvalue weighted by atomic mass is 10.2. The van der Waals surface area contributed by atoms with Crippen LogP contribution in [0.5, 0.6) is 0 Å². The number of carboxylic acid groups (broad SMARTS) is 1. The van der Waals surface area contributed by atoms with E-state index in [1.807, 2.05) is 6.92 Å². The van der Waals surface area contributed by atoms with Crippen LogP contribution >= 0.6 is 0 Å². The highest BCUT2D eigenvalue weighted by molar-refractivity contribution is 5.80. The highest BCUT2D eigenvalue weighted by Crippen LogP contribution is 2.24. The summed E-state index contributed by atoms with van der Waals surface area (Å²) in [5.41, 5.74) is 0. The summed E-state index contributed by atoms with van der Waals surface area (Å²) in [5, 5.41) is 9.08. The van der Waals surface area contributed by atoms with Crippen molar-refractivity contribution in [1.82, 2.24) is 4.90 Å². The van der Waals surface area contributed by atoms with Crippen molar-refractivity contribution in [2.75, 3.05) is 26.9 Å².